The van der Waals surface area contributed by atoms with Crippen molar-refractivity contribution in [2.24, 2.45) is 0 Å². The van der Waals surface area contributed by atoms with Gasteiger partial charge in [-0.3, -0.25) is 0 Å². The second-order valence-electron chi connectivity index (χ2n) is 5.54. The summed E-state index contributed by atoms with van der Waals surface area (Å²) in [5, 5.41) is 5.71. The van der Waals surface area contributed by atoms with E-state index in [1.165, 1.54) is 10.6 Å². The summed E-state index contributed by atoms with van der Waals surface area (Å²) in [6.45, 7) is 9.67. The maximum Gasteiger partial charge on any atom is 0.0948 e. The zero-order valence-electron chi connectivity index (χ0n) is 12.0. The molecule has 0 unspecified atom stereocenters. The maximum atomic E-state index is 4.23. The summed E-state index contributed by atoms with van der Waals surface area (Å²) in [4.78, 5) is 5.66. The van der Waals surface area contributed by atoms with Crippen LogP contribution in [-0.4, -0.2) is 16.1 Å². The molecule has 2 aromatic heterocycles. The number of hydrogen-bond donors (Lipinski definition) is 1. The van der Waals surface area contributed by atoms with Gasteiger partial charge < -0.3 is 9.88 Å². The van der Waals surface area contributed by atoms with Gasteiger partial charge >= 0.3 is 0 Å². The van der Waals surface area contributed by atoms with Gasteiger partial charge in [0.25, 0.3) is 0 Å². The van der Waals surface area contributed by atoms with Crippen molar-refractivity contribution in [1.82, 2.24) is 14.9 Å². The van der Waals surface area contributed by atoms with Crippen LogP contribution in [0.25, 0.3) is 0 Å². The standard InChI is InChI=1S/C15H23N3S/c1-4-7-18-12-17-10-13(18)9-16-11-15(2,3)14-6-5-8-19-14/h5-6,8,10,12,16H,4,7,9,11H2,1-3H3. The third-order valence-electron chi connectivity index (χ3n) is 3.32. The Balaban J connectivity index is 1.88. The van der Waals surface area contributed by atoms with Crippen LogP contribution in [0.3, 0.4) is 0 Å². The van der Waals surface area contributed by atoms with Crippen molar-refractivity contribution in [1.29, 1.82) is 0 Å². The molecule has 19 heavy (non-hydrogen) atoms. The Morgan fingerprint density at radius 3 is 2.95 bits per heavy atom. The van der Waals surface area contributed by atoms with Crippen LogP contribution in [0.1, 0.15) is 37.8 Å². The Labute approximate surface area is 119 Å². The van der Waals surface area contributed by atoms with Crippen molar-refractivity contribution in [2.45, 2.75) is 45.7 Å². The Morgan fingerprint density at radius 1 is 1.42 bits per heavy atom. The van der Waals surface area contributed by atoms with E-state index in [4.69, 9.17) is 0 Å². The summed E-state index contributed by atoms with van der Waals surface area (Å²) < 4.78 is 2.23. The van der Waals surface area contributed by atoms with Crippen molar-refractivity contribution < 1.29 is 0 Å². The van der Waals surface area contributed by atoms with Crippen molar-refractivity contribution in [3.05, 3.63) is 40.6 Å². The fourth-order valence-electron chi connectivity index (χ4n) is 2.19. The molecule has 0 saturated carbocycles. The number of imidazole rings is 1. The molecule has 0 spiro atoms. The summed E-state index contributed by atoms with van der Waals surface area (Å²) in [6.07, 6.45) is 5.02. The molecule has 3 nitrogen and oxygen atoms in total. The van der Waals surface area contributed by atoms with Gasteiger partial charge in [0, 0.05) is 36.1 Å². The maximum absolute atomic E-state index is 4.23. The van der Waals surface area contributed by atoms with E-state index in [0.29, 0.717) is 0 Å². The molecule has 0 aromatic carbocycles. The van der Waals surface area contributed by atoms with Gasteiger partial charge in [-0.1, -0.05) is 26.8 Å². The predicted octanol–water partition coefficient (Wildman–Crippen LogP) is 3.42. The Morgan fingerprint density at radius 2 is 2.26 bits per heavy atom. The van der Waals surface area contributed by atoms with Crippen LogP contribution < -0.4 is 5.32 Å². The second-order valence-corrected chi connectivity index (χ2v) is 6.49. The molecule has 2 heterocycles. The van der Waals surface area contributed by atoms with E-state index in [9.17, 15) is 0 Å². The van der Waals surface area contributed by atoms with Crippen LogP contribution in [0.5, 0.6) is 0 Å². The number of nitrogens with one attached hydrogen (secondary N) is 1. The van der Waals surface area contributed by atoms with Gasteiger partial charge in [-0.15, -0.1) is 11.3 Å². The van der Waals surface area contributed by atoms with Crippen LogP contribution in [-0.2, 0) is 18.5 Å². The number of aryl methyl sites for hydroxylation is 1. The van der Waals surface area contributed by atoms with Crippen molar-refractivity contribution >= 4 is 11.3 Å². The zero-order chi connectivity index (χ0) is 13.7. The fraction of sp³-hybridized carbons (Fsp3) is 0.533. The van der Waals surface area contributed by atoms with Gasteiger partial charge in [0.15, 0.2) is 0 Å². The molecule has 0 aliphatic rings. The third-order valence-corrected chi connectivity index (χ3v) is 4.56. The lowest BCUT2D eigenvalue weighted by atomic mass is 9.91. The minimum atomic E-state index is 0.184. The molecule has 0 radical (unpaired) electrons. The smallest absolute Gasteiger partial charge is 0.0948 e. The summed E-state index contributed by atoms with van der Waals surface area (Å²) in [5.74, 6) is 0. The molecule has 0 amide bonds. The number of thiophene rings is 1. The minimum Gasteiger partial charge on any atom is -0.333 e. The molecule has 104 valence electrons. The minimum absolute atomic E-state index is 0.184. The van der Waals surface area contributed by atoms with E-state index in [2.05, 4.69) is 53.2 Å². The average molecular weight is 277 g/mol. The van der Waals surface area contributed by atoms with E-state index in [1.54, 1.807) is 0 Å². The lowest BCUT2D eigenvalue weighted by Gasteiger charge is -2.23. The highest BCUT2D eigenvalue weighted by molar-refractivity contribution is 7.10. The van der Waals surface area contributed by atoms with Crippen molar-refractivity contribution in [2.75, 3.05) is 6.54 Å². The lowest BCUT2D eigenvalue weighted by molar-refractivity contribution is 0.468. The summed E-state index contributed by atoms with van der Waals surface area (Å²) in [5.41, 5.74) is 1.45. The van der Waals surface area contributed by atoms with Gasteiger partial charge in [-0.05, 0) is 17.9 Å². The first kappa shape index (κ1) is 14.3. The summed E-state index contributed by atoms with van der Waals surface area (Å²) in [6, 6.07) is 4.34. The number of aromatic nitrogens is 2. The Bertz CT molecular complexity index is 485. The van der Waals surface area contributed by atoms with E-state index < -0.39 is 0 Å². The first-order valence-corrected chi connectivity index (χ1v) is 7.75. The molecule has 2 rings (SSSR count). The second kappa shape index (κ2) is 6.35. The topological polar surface area (TPSA) is 29.9 Å². The Kier molecular flexibility index (Phi) is 4.77. The SMILES string of the molecule is CCCn1cncc1CNCC(C)(C)c1cccs1. The predicted molar refractivity (Wildman–Crippen MR) is 81.6 cm³/mol. The lowest BCUT2D eigenvalue weighted by Crippen LogP contribution is -2.32. The summed E-state index contributed by atoms with van der Waals surface area (Å²) in [7, 11) is 0. The van der Waals surface area contributed by atoms with E-state index in [0.717, 1.165) is 26.1 Å². The van der Waals surface area contributed by atoms with E-state index in [-0.39, 0.29) is 5.41 Å². The van der Waals surface area contributed by atoms with Crippen LogP contribution in [0.4, 0.5) is 0 Å². The number of hydrogen-bond acceptors (Lipinski definition) is 3. The van der Waals surface area contributed by atoms with Gasteiger partial charge in [-0.2, -0.15) is 0 Å². The average Bonchev–Trinajstić information content (AvgIpc) is 3.01. The highest BCUT2D eigenvalue weighted by atomic mass is 32.1. The van der Waals surface area contributed by atoms with Crippen LogP contribution in [0, 0.1) is 0 Å². The molecule has 0 aliphatic carbocycles. The van der Waals surface area contributed by atoms with Crippen molar-refractivity contribution in [3.8, 4) is 0 Å². The molecule has 2 aromatic rings. The third kappa shape index (κ3) is 3.67. The molecule has 0 aliphatic heterocycles. The molecular weight excluding hydrogens is 254 g/mol. The Hall–Kier alpha value is -1.13. The molecule has 0 fully saturated rings. The quantitative estimate of drug-likeness (QED) is 0.840. The van der Waals surface area contributed by atoms with Gasteiger partial charge in [0.1, 0.15) is 0 Å². The van der Waals surface area contributed by atoms with Crippen molar-refractivity contribution in [3.63, 3.8) is 0 Å². The molecule has 0 bridgehead atoms. The fourth-order valence-corrected chi connectivity index (χ4v) is 3.04. The highest BCUT2D eigenvalue weighted by Gasteiger charge is 2.21. The highest BCUT2D eigenvalue weighted by Crippen LogP contribution is 2.26. The largest absolute Gasteiger partial charge is 0.333 e. The summed E-state index contributed by atoms with van der Waals surface area (Å²) >= 11 is 1.83. The van der Waals surface area contributed by atoms with Gasteiger partial charge in [-0.25, -0.2) is 4.98 Å². The van der Waals surface area contributed by atoms with Crippen LogP contribution >= 0.6 is 11.3 Å². The molecule has 0 atom stereocenters. The number of rotatable bonds is 7. The first-order chi connectivity index (χ1) is 9.13. The van der Waals surface area contributed by atoms with E-state index >= 15 is 0 Å². The number of nitrogens with zero attached hydrogens (tertiary/aromatic N) is 2. The van der Waals surface area contributed by atoms with Gasteiger partial charge in [0.2, 0.25) is 0 Å². The van der Waals surface area contributed by atoms with Crippen LogP contribution in [0.15, 0.2) is 30.0 Å². The van der Waals surface area contributed by atoms with Gasteiger partial charge in [0.05, 0.1) is 12.0 Å². The molecular formula is C15H23N3S. The zero-order valence-corrected chi connectivity index (χ0v) is 12.8. The van der Waals surface area contributed by atoms with E-state index in [1.807, 2.05) is 23.9 Å². The normalized spacial score (nSPS) is 11.9. The first-order valence-electron chi connectivity index (χ1n) is 6.87. The monoisotopic (exact) mass is 277 g/mol. The molecule has 4 heteroatoms. The molecule has 0 saturated heterocycles. The molecule has 1 N–H and O–H groups in total. The van der Waals surface area contributed by atoms with Crippen LogP contribution in [0.2, 0.25) is 0 Å².